The Labute approximate surface area is 389 Å². The standard InChI is InChI=1S/C47H47Cl2N13S2/c1-60-14-10-28(23-60)26-64-47-45(51)54-42(36-11-15-61(2)58-36)41(57-47)33-19-31-17-29(22-53-39(31)35(49)21-33)24-62-16-12-37(59-62)43-40(32-18-30-9-6-13-52-38(30)34(48)20-32)56-46(44(50)55-43)63-25-27-7-4-3-5-8-27/h6,9,11-13,15-22,27-28H,3-5,7-8,10,14,23-26H2,1-2H3,(H2,50,55)(H2,51,54). The Morgan fingerprint density at radius 2 is 1.31 bits per heavy atom. The lowest BCUT2D eigenvalue weighted by Crippen LogP contribution is -2.15. The number of halogens is 2. The van der Waals surface area contributed by atoms with Crippen molar-refractivity contribution in [1.29, 1.82) is 0 Å². The van der Waals surface area contributed by atoms with Gasteiger partial charge in [0, 0.05) is 71.8 Å². The molecule has 2 aliphatic rings. The predicted molar refractivity (Wildman–Crippen MR) is 261 cm³/mol. The van der Waals surface area contributed by atoms with Gasteiger partial charge in [0.1, 0.15) is 32.8 Å². The molecule has 1 unspecified atom stereocenters. The Morgan fingerprint density at radius 1 is 0.672 bits per heavy atom. The van der Waals surface area contributed by atoms with Crippen LogP contribution < -0.4 is 11.5 Å². The van der Waals surface area contributed by atoms with Gasteiger partial charge in [-0.15, -0.1) is 23.5 Å². The first-order chi connectivity index (χ1) is 31.1. The quantitative estimate of drug-likeness (QED) is 0.111. The first kappa shape index (κ1) is 42.6. The number of nitrogen functional groups attached to an aromatic ring is 2. The number of fused-ring (bicyclic) bond motifs is 2. The van der Waals surface area contributed by atoms with Crippen LogP contribution in [0.25, 0.3) is 67.1 Å². The minimum Gasteiger partial charge on any atom is -0.381 e. The zero-order chi connectivity index (χ0) is 43.9. The molecule has 1 saturated heterocycles. The van der Waals surface area contributed by atoms with Crippen LogP contribution in [0.15, 0.2) is 89.4 Å². The first-order valence-corrected chi connectivity index (χ1v) is 24.3. The summed E-state index contributed by atoms with van der Waals surface area (Å²) in [5.74, 6) is 3.85. The fraction of sp³-hybridized carbons (Fsp3) is 0.319. The molecule has 326 valence electrons. The van der Waals surface area contributed by atoms with Crippen LogP contribution >= 0.6 is 46.7 Å². The van der Waals surface area contributed by atoms with Gasteiger partial charge >= 0.3 is 0 Å². The van der Waals surface area contributed by atoms with Gasteiger partial charge in [0.2, 0.25) is 0 Å². The van der Waals surface area contributed by atoms with Crippen LogP contribution in [0.2, 0.25) is 10.0 Å². The Hall–Kier alpha value is -5.32. The van der Waals surface area contributed by atoms with Crippen LogP contribution in [0.1, 0.15) is 44.1 Å². The maximum absolute atomic E-state index is 7.00. The third kappa shape index (κ3) is 9.01. The molecule has 0 amide bonds. The number of nitrogens with two attached hydrogens (primary N) is 2. The van der Waals surface area contributed by atoms with Crippen molar-refractivity contribution in [3.8, 4) is 45.3 Å². The van der Waals surface area contributed by atoms with E-state index in [1.165, 1.54) is 32.1 Å². The van der Waals surface area contributed by atoms with E-state index in [1.54, 1.807) is 34.4 Å². The summed E-state index contributed by atoms with van der Waals surface area (Å²) in [7, 11) is 4.04. The van der Waals surface area contributed by atoms with E-state index in [0.717, 1.165) is 69.0 Å². The van der Waals surface area contributed by atoms with Crippen molar-refractivity contribution in [3.63, 3.8) is 0 Å². The number of thioether (sulfide) groups is 2. The zero-order valence-electron chi connectivity index (χ0n) is 35.6. The molecule has 0 radical (unpaired) electrons. The van der Waals surface area contributed by atoms with E-state index in [2.05, 4.69) is 40.2 Å². The van der Waals surface area contributed by atoms with Gasteiger partial charge in [0.25, 0.3) is 0 Å². The highest BCUT2D eigenvalue weighted by atomic mass is 35.5. The van der Waals surface area contributed by atoms with Crippen LogP contribution in [-0.2, 0) is 13.6 Å². The number of aryl methyl sites for hydroxylation is 1. The monoisotopic (exact) mass is 927 g/mol. The zero-order valence-corrected chi connectivity index (χ0v) is 38.7. The largest absolute Gasteiger partial charge is 0.381 e. The molecule has 1 atom stereocenters. The van der Waals surface area contributed by atoms with Gasteiger partial charge < -0.3 is 16.4 Å². The first-order valence-electron chi connectivity index (χ1n) is 21.6. The van der Waals surface area contributed by atoms with E-state index in [0.29, 0.717) is 84.8 Å². The van der Waals surface area contributed by atoms with Gasteiger partial charge in [-0.2, -0.15) is 10.2 Å². The summed E-state index contributed by atoms with van der Waals surface area (Å²) in [6, 6.07) is 17.7. The van der Waals surface area contributed by atoms with Gasteiger partial charge in [-0.3, -0.25) is 19.3 Å². The molecule has 13 nitrogen and oxygen atoms in total. The number of aromatic nitrogens is 10. The third-order valence-electron chi connectivity index (χ3n) is 12.1. The van der Waals surface area contributed by atoms with E-state index in [-0.39, 0.29) is 0 Å². The highest BCUT2D eigenvalue weighted by Gasteiger charge is 2.24. The van der Waals surface area contributed by atoms with Crippen LogP contribution in [0, 0.1) is 11.8 Å². The highest BCUT2D eigenvalue weighted by molar-refractivity contribution is 7.99. The second-order valence-electron chi connectivity index (χ2n) is 16.9. The molecule has 7 heterocycles. The van der Waals surface area contributed by atoms with Crippen molar-refractivity contribution < 1.29 is 0 Å². The fourth-order valence-corrected chi connectivity index (χ4v) is 11.5. The van der Waals surface area contributed by atoms with Crippen LogP contribution in [0.5, 0.6) is 0 Å². The number of rotatable bonds is 12. The van der Waals surface area contributed by atoms with Crippen LogP contribution in [0.4, 0.5) is 11.6 Å². The van der Waals surface area contributed by atoms with Crippen molar-refractivity contribution in [2.45, 2.75) is 55.1 Å². The second-order valence-corrected chi connectivity index (χ2v) is 19.8. The van der Waals surface area contributed by atoms with Gasteiger partial charge in [-0.25, -0.2) is 19.9 Å². The molecule has 8 aromatic rings. The second kappa shape index (κ2) is 18.3. The van der Waals surface area contributed by atoms with Crippen molar-refractivity contribution in [3.05, 3.63) is 95.0 Å². The van der Waals surface area contributed by atoms with Gasteiger partial charge in [0.05, 0.1) is 39.0 Å². The number of anilines is 2. The molecule has 4 N–H and O–H groups in total. The maximum atomic E-state index is 7.00. The predicted octanol–water partition coefficient (Wildman–Crippen LogP) is 10.2. The Bertz CT molecular complexity index is 3020. The van der Waals surface area contributed by atoms with E-state index in [1.807, 2.05) is 66.7 Å². The van der Waals surface area contributed by atoms with Crippen molar-refractivity contribution in [2.75, 3.05) is 43.1 Å². The molecule has 0 bridgehead atoms. The molecular formula is C47H47Cl2N13S2. The topological polar surface area (TPSA) is 168 Å². The average Bonchev–Trinajstić information content (AvgIpc) is 4.07. The highest BCUT2D eigenvalue weighted by Crippen LogP contribution is 2.40. The number of hydrogen-bond donors (Lipinski definition) is 2. The van der Waals surface area contributed by atoms with Gasteiger partial charge in [-0.1, -0.05) is 48.5 Å². The van der Waals surface area contributed by atoms with Crippen molar-refractivity contribution in [1.82, 2.24) is 54.4 Å². The summed E-state index contributed by atoms with van der Waals surface area (Å²) in [4.78, 5) is 31.9. The number of pyridine rings is 2. The summed E-state index contributed by atoms with van der Waals surface area (Å²) in [5, 5.41) is 13.9. The lowest BCUT2D eigenvalue weighted by Gasteiger charge is -2.21. The Morgan fingerprint density at radius 3 is 1.97 bits per heavy atom. The van der Waals surface area contributed by atoms with E-state index in [9.17, 15) is 0 Å². The minimum atomic E-state index is 0.387. The van der Waals surface area contributed by atoms with Gasteiger partial charge in [0.15, 0.2) is 11.6 Å². The number of benzene rings is 2. The Balaban J connectivity index is 0.973. The van der Waals surface area contributed by atoms with Gasteiger partial charge in [-0.05, 0) is 98.8 Å². The molecule has 2 fully saturated rings. The number of likely N-dealkylation sites (tertiary alicyclic amines) is 1. The van der Waals surface area contributed by atoms with E-state index in [4.69, 9.17) is 64.7 Å². The third-order valence-corrected chi connectivity index (χ3v) is 15.1. The van der Waals surface area contributed by atoms with E-state index < -0.39 is 0 Å². The van der Waals surface area contributed by atoms with Crippen molar-refractivity contribution >= 4 is 80.2 Å². The summed E-state index contributed by atoms with van der Waals surface area (Å²) in [6.07, 6.45) is 14.9. The summed E-state index contributed by atoms with van der Waals surface area (Å²) in [5.41, 5.74) is 21.0. The molecule has 10 rings (SSSR count). The van der Waals surface area contributed by atoms with Crippen LogP contribution in [0.3, 0.4) is 0 Å². The fourth-order valence-electron chi connectivity index (χ4n) is 8.81. The van der Waals surface area contributed by atoms with Crippen LogP contribution in [-0.4, -0.2) is 86.0 Å². The molecule has 2 aromatic carbocycles. The lowest BCUT2D eigenvalue weighted by atomic mass is 9.91. The normalized spacial score (nSPS) is 16.1. The molecule has 0 spiro atoms. The smallest absolute Gasteiger partial charge is 0.156 e. The SMILES string of the molecule is CN1CCC(CSc2nc(-c3cc(Cl)c4ncc(Cn5ccc(-c6nc(N)c(SCC7CCCCC7)nc6-c6cc(Cl)c7ncccc7c6)n5)cc4c3)c(-c3ccn(C)n3)nc2N)C1. The van der Waals surface area contributed by atoms with E-state index >= 15 is 0 Å². The average molecular weight is 929 g/mol. The molecule has 64 heavy (non-hydrogen) atoms. The minimum absolute atomic E-state index is 0.387. The Kier molecular flexibility index (Phi) is 12.2. The molecular weight excluding hydrogens is 882 g/mol. The van der Waals surface area contributed by atoms with Crippen molar-refractivity contribution in [2.24, 2.45) is 18.9 Å². The molecule has 17 heteroatoms. The summed E-state index contributed by atoms with van der Waals surface area (Å²) >= 11 is 17.2. The summed E-state index contributed by atoms with van der Waals surface area (Å²) < 4.78 is 3.61. The molecule has 1 aliphatic carbocycles. The molecule has 1 aliphatic heterocycles. The molecule has 6 aromatic heterocycles. The molecule has 1 saturated carbocycles. The maximum Gasteiger partial charge on any atom is 0.156 e. The number of hydrogen-bond acceptors (Lipinski definition) is 13. The number of nitrogens with zero attached hydrogens (tertiary/aromatic N) is 11. The lowest BCUT2D eigenvalue weighted by molar-refractivity contribution is 0.391. The summed E-state index contributed by atoms with van der Waals surface area (Å²) in [6.45, 7) is 2.59.